The molecule has 5 nitrogen and oxygen atoms in total. The Hall–Kier alpha value is -2.84. The third kappa shape index (κ3) is 4.47. The van der Waals surface area contributed by atoms with Crippen LogP contribution in [-0.4, -0.2) is 34.5 Å². The van der Waals surface area contributed by atoms with Crippen molar-refractivity contribution in [3.8, 4) is 5.75 Å². The number of aliphatic hydroxyl groups is 2. The number of anilines is 2. The highest BCUT2D eigenvalue weighted by Crippen LogP contribution is 2.34. The van der Waals surface area contributed by atoms with Crippen LogP contribution in [0.3, 0.4) is 0 Å². The van der Waals surface area contributed by atoms with Gasteiger partial charge in [-0.25, -0.2) is 0 Å². The fourth-order valence-corrected chi connectivity index (χ4v) is 2.51. The third-order valence-corrected chi connectivity index (χ3v) is 3.87. The van der Waals surface area contributed by atoms with Gasteiger partial charge in [0, 0.05) is 17.3 Å². The minimum Gasteiger partial charge on any atom is -0.489 e. The molecule has 0 radical (unpaired) electrons. The van der Waals surface area contributed by atoms with Gasteiger partial charge in [0.15, 0.2) is 0 Å². The van der Waals surface area contributed by atoms with Crippen LogP contribution < -0.4 is 10.1 Å². The maximum Gasteiger partial charge on any atom is 0.416 e. The number of para-hydroxylation sites is 2. The van der Waals surface area contributed by atoms with Gasteiger partial charge in [0.25, 0.3) is 0 Å². The molecular weight excluding hydrogens is 361 g/mol. The summed E-state index contributed by atoms with van der Waals surface area (Å²) in [5, 5.41) is 22.0. The highest BCUT2D eigenvalue weighted by atomic mass is 19.4. The Bertz CT molecular complexity index is 931. The van der Waals surface area contributed by atoms with E-state index in [1.807, 2.05) is 0 Å². The van der Waals surface area contributed by atoms with E-state index in [4.69, 9.17) is 9.84 Å². The van der Waals surface area contributed by atoms with Crippen LogP contribution in [-0.2, 0) is 6.18 Å². The molecule has 0 fully saturated rings. The molecule has 27 heavy (non-hydrogen) atoms. The van der Waals surface area contributed by atoms with Crippen LogP contribution in [0.2, 0.25) is 0 Å². The first-order valence-corrected chi connectivity index (χ1v) is 8.12. The second kappa shape index (κ2) is 7.81. The van der Waals surface area contributed by atoms with Crippen molar-refractivity contribution < 1.29 is 28.1 Å². The topological polar surface area (TPSA) is 74.6 Å². The van der Waals surface area contributed by atoms with Gasteiger partial charge in [-0.1, -0.05) is 18.2 Å². The summed E-state index contributed by atoms with van der Waals surface area (Å²) in [7, 11) is 0. The number of ether oxygens (including phenoxy) is 1. The standard InChI is InChI=1S/C19H17F3N2O3/c20-19(21,22)12-5-6-14-15(7-8-23-17(14)9-12)24-16-3-1-2-4-18(16)27-11-13(26)10-25/h1-9,13,25-26H,10-11H2,(H,23,24). The SMILES string of the molecule is OCC(O)COc1ccccc1Nc1ccnc2cc(C(F)(F)F)ccc12. The number of aliphatic hydroxyl groups excluding tert-OH is 2. The number of benzene rings is 2. The summed E-state index contributed by atoms with van der Waals surface area (Å²) in [5.74, 6) is 0.432. The molecule has 0 saturated heterocycles. The number of rotatable bonds is 6. The maximum atomic E-state index is 12.9. The molecule has 0 amide bonds. The molecule has 0 aliphatic rings. The summed E-state index contributed by atoms with van der Waals surface area (Å²) in [6.07, 6.45) is -4.03. The Balaban J connectivity index is 1.91. The zero-order chi connectivity index (χ0) is 19.4. The van der Waals surface area contributed by atoms with Gasteiger partial charge in [-0.05, 0) is 30.3 Å². The van der Waals surface area contributed by atoms with E-state index in [1.165, 1.54) is 12.3 Å². The van der Waals surface area contributed by atoms with Crippen LogP contribution in [0.5, 0.6) is 5.75 Å². The highest BCUT2D eigenvalue weighted by molar-refractivity contribution is 5.93. The van der Waals surface area contributed by atoms with Gasteiger partial charge in [-0.2, -0.15) is 13.2 Å². The van der Waals surface area contributed by atoms with Crippen molar-refractivity contribution in [3.05, 3.63) is 60.3 Å². The van der Waals surface area contributed by atoms with E-state index in [9.17, 15) is 18.3 Å². The number of nitrogens with one attached hydrogen (secondary N) is 1. The van der Waals surface area contributed by atoms with E-state index in [1.54, 1.807) is 30.3 Å². The summed E-state index contributed by atoms with van der Waals surface area (Å²) < 4.78 is 44.2. The number of hydrogen-bond donors (Lipinski definition) is 3. The third-order valence-electron chi connectivity index (χ3n) is 3.87. The Morgan fingerprint density at radius 2 is 1.85 bits per heavy atom. The highest BCUT2D eigenvalue weighted by Gasteiger charge is 2.30. The van der Waals surface area contributed by atoms with E-state index >= 15 is 0 Å². The molecule has 0 bridgehead atoms. The number of pyridine rings is 1. The number of alkyl halides is 3. The molecule has 142 valence electrons. The van der Waals surface area contributed by atoms with Crippen LogP contribution >= 0.6 is 0 Å². The second-order valence-electron chi connectivity index (χ2n) is 5.86. The molecule has 1 heterocycles. The molecule has 3 aromatic rings. The molecule has 1 aromatic heterocycles. The monoisotopic (exact) mass is 378 g/mol. The lowest BCUT2D eigenvalue weighted by molar-refractivity contribution is -0.137. The van der Waals surface area contributed by atoms with Gasteiger partial charge in [-0.15, -0.1) is 0 Å². The average Bonchev–Trinajstić information content (AvgIpc) is 2.66. The van der Waals surface area contributed by atoms with Gasteiger partial charge in [0.1, 0.15) is 18.5 Å². The largest absolute Gasteiger partial charge is 0.489 e. The molecule has 1 unspecified atom stereocenters. The van der Waals surface area contributed by atoms with Gasteiger partial charge in [0.2, 0.25) is 0 Å². The fourth-order valence-electron chi connectivity index (χ4n) is 2.51. The van der Waals surface area contributed by atoms with E-state index in [2.05, 4.69) is 10.3 Å². The lowest BCUT2D eigenvalue weighted by atomic mass is 10.1. The van der Waals surface area contributed by atoms with Gasteiger partial charge in [0.05, 0.1) is 23.4 Å². The van der Waals surface area contributed by atoms with Crippen molar-refractivity contribution in [2.24, 2.45) is 0 Å². The van der Waals surface area contributed by atoms with Crippen LogP contribution in [0.4, 0.5) is 24.5 Å². The molecular formula is C19H17F3N2O3. The first-order chi connectivity index (χ1) is 12.9. The quantitative estimate of drug-likeness (QED) is 0.610. The van der Waals surface area contributed by atoms with Crippen LogP contribution in [0.25, 0.3) is 10.9 Å². The Morgan fingerprint density at radius 1 is 1.07 bits per heavy atom. The van der Waals surface area contributed by atoms with Crippen molar-refractivity contribution in [1.29, 1.82) is 0 Å². The lowest BCUT2D eigenvalue weighted by Gasteiger charge is -2.16. The fraction of sp³-hybridized carbons (Fsp3) is 0.211. The minimum absolute atomic E-state index is 0.0960. The first kappa shape index (κ1) is 18.9. The average molecular weight is 378 g/mol. The molecule has 8 heteroatoms. The van der Waals surface area contributed by atoms with Crippen LogP contribution in [0.1, 0.15) is 5.56 Å². The molecule has 0 saturated carbocycles. The number of hydrogen-bond acceptors (Lipinski definition) is 5. The Labute approximate surface area is 153 Å². The summed E-state index contributed by atoms with van der Waals surface area (Å²) in [5.41, 5.74) is 0.577. The summed E-state index contributed by atoms with van der Waals surface area (Å²) in [4.78, 5) is 4.02. The van der Waals surface area contributed by atoms with Crippen molar-refractivity contribution in [3.63, 3.8) is 0 Å². The first-order valence-electron chi connectivity index (χ1n) is 8.12. The molecule has 2 aromatic carbocycles. The Kier molecular flexibility index (Phi) is 5.48. The van der Waals surface area contributed by atoms with E-state index in [0.29, 0.717) is 22.5 Å². The molecule has 3 N–H and O–H groups in total. The van der Waals surface area contributed by atoms with E-state index < -0.39 is 24.5 Å². The number of halogens is 3. The van der Waals surface area contributed by atoms with Crippen LogP contribution in [0.15, 0.2) is 54.7 Å². The lowest BCUT2D eigenvalue weighted by Crippen LogP contribution is -2.21. The summed E-state index contributed by atoms with van der Waals surface area (Å²) in [6, 6.07) is 11.9. The number of nitrogens with zero attached hydrogens (tertiary/aromatic N) is 1. The van der Waals surface area contributed by atoms with Gasteiger partial charge in [-0.3, -0.25) is 4.98 Å². The zero-order valence-corrected chi connectivity index (χ0v) is 14.1. The van der Waals surface area contributed by atoms with Crippen LogP contribution in [0, 0.1) is 0 Å². The minimum atomic E-state index is -4.44. The molecule has 0 aliphatic heterocycles. The number of aromatic nitrogens is 1. The molecule has 3 rings (SSSR count). The van der Waals surface area contributed by atoms with E-state index in [-0.39, 0.29) is 12.1 Å². The van der Waals surface area contributed by atoms with Crippen molar-refractivity contribution >= 4 is 22.3 Å². The Morgan fingerprint density at radius 3 is 2.59 bits per heavy atom. The van der Waals surface area contributed by atoms with Gasteiger partial charge >= 0.3 is 6.18 Å². The predicted octanol–water partition coefficient (Wildman–Crippen LogP) is 3.73. The van der Waals surface area contributed by atoms with E-state index in [0.717, 1.165) is 12.1 Å². The zero-order valence-electron chi connectivity index (χ0n) is 14.1. The summed E-state index contributed by atoms with van der Waals surface area (Å²) in [6.45, 7) is -0.520. The molecule has 0 aliphatic carbocycles. The predicted molar refractivity (Wildman–Crippen MR) is 95.1 cm³/mol. The smallest absolute Gasteiger partial charge is 0.416 e. The maximum absolute atomic E-state index is 12.9. The normalized spacial score (nSPS) is 12.8. The van der Waals surface area contributed by atoms with Crippen molar-refractivity contribution in [2.75, 3.05) is 18.5 Å². The summed E-state index contributed by atoms with van der Waals surface area (Å²) >= 11 is 0. The van der Waals surface area contributed by atoms with Crippen molar-refractivity contribution in [1.82, 2.24) is 4.98 Å². The second-order valence-corrected chi connectivity index (χ2v) is 5.86. The van der Waals surface area contributed by atoms with Crippen molar-refractivity contribution in [2.45, 2.75) is 12.3 Å². The number of fused-ring (bicyclic) bond motifs is 1. The molecule has 1 atom stereocenters. The van der Waals surface area contributed by atoms with Gasteiger partial charge < -0.3 is 20.3 Å². The molecule has 0 spiro atoms.